The number of rotatable bonds is 9. The standard InChI is InChI=1S/C21H22N4O4S2/c1-13(2)29-17-8-4-14(5-9-17)19(27)23-20-24-25-21(31-20)30-12-18(26)22-15-6-10-16(28-3)11-7-15/h4-11,13H,12H2,1-3H3,(H,22,26)(H,23,24,27). The second-order valence-corrected chi connectivity index (χ2v) is 8.78. The number of anilines is 2. The molecule has 1 heterocycles. The van der Waals surface area contributed by atoms with Gasteiger partial charge in [0.05, 0.1) is 19.0 Å². The van der Waals surface area contributed by atoms with Crippen LogP contribution < -0.4 is 20.1 Å². The second kappa shape index (κ2) is 10.8. The van der Waals surface area contributed by atoms with Gasteiger partial charge in [-0.2, -0.15) is 0 Å². The van der Waals surface area contributed by atoms with Gasteiger partial charge in [-0.05, 0) is 62.4 Å². The first-order chi connectivity index (χ1) is 14.9. The van der Waals surface area contributed by atoms with Crippen LogP contribution in [-0.2, 0) is 4.79 Å². The van der Waals surface area contributed by atoms with E-state index in [2.05, 4.69) is 20.8 Å². The van der Waals surface area contributed by atoms with Crippen LogP contribution in [-0.4, -0.2) is 41.0 Å². The van der Waals surface area contributed by atoms with E-state index in [4.69, 9.17) is 9.47 Å². The molecule has 8 nitrogen and oxygen atoms in total. The SMILES string of the molecule is COc1ccc(NC(=O)CSc2nnc(NC(=O)c3ccc(OC(C)C)cc3)s2)cc1. The zero-order chi connectivity index (χ0) is 22.2. The van der Waals surface area contributed by atoms with Gasteiger partial charge in [0.1, 0.15) is 11.5 Å². The Bertz CT molecular complexity index is 1020. The van der Waals surface area contributed by atoms with Crippen molar-refractivity contribution in [3.05, 3.63) is 54.1 Å². The molecule has 2 aromatic carbocycles. The van der Waals surface area contributed by atoms with Crippen molar-refractivity contribution < 1.29 is 19.1 Å². The van der Waals surface area contributed by atoms with Gasteiger partial charge >= 0.3 is 0 Å². The first-order valence-corrected chi connectivity index (χ1v) is 11.2. The largest absolute Gasteiger partial charge is 0.497 e. The fraction of sp³-hybridized carbons (Fsp3) is 0.238. The van der Waals surface area contributed by atoms with Crippen LogP contribution in [0.25, 0.3) is 0 Å². The Morgan fingerprint density at radius 2 is 1.68 bits per heavy atom. The Balaban J connectivity index is 1.48. The molecule has 0 atom stereocenters. The summed E-state index contributed by atoms with van der Waals surface area (Å²) in [5.41, 5.74) is 1.17. The fourth-order valence-corrected chi connectivity index (χ4v) is 3.99. The quantitative estimate of drug-likeness (QED) is 0.364. The Kier molecular flexibility index (Phi) is 7.85. The summed E-state index contributed by atoms with van der Waals surface area (Å²) in [5, 5.41) is 13.9. The summed E-state index contributed by atoms with van der Waals surface area (Å²) in [5.74, 6) is 1.14. The maximum absolute atomic E-state index is 12.4. The molecule has 3 aromatic rings. The molecule has 0 aliphatic carbocycles. The molecule has 0 spiro atoms. The van der Waals surface area contributed by atoms with Gasteiger partial charge in [0.25, 0.3) is 5.91 Å². The van der Waals surface area contributed by atoms with Crippen molar-refractivity contribution in [2.75, 3.05) is 23.5 Å². The molecule has 2 N–H and O–H groups in total. The topological polar surface area (TPSA) is 102 Å². The number of thioether (sulfide) groups is 1. The molecule has 0 unspecified atom stereocenters. The van der Waals surface area contributed by atoms with Crippen LogP contribution >= 0.6 is 23.1 Å². The number of ether oxygens (including phenoxy) is 2. The van der Waals surface area contributed by atoms with Gasteiger partial charge in [0, 0.05) is 11.3 Å². The third kappa shape index (κ3) is 6.97. The minimum Gasteiger partial charge on any atom is -0.497 e. The first kappa shape index (κ1) is 22.6. The van der Waals surface area contributed by atoms with E-state index in [1.807, 2.05) is 13.8 Å². The lowest BCUT2D eigenvalue weighted by Gasteiger charge is -2.09. The summed E-state index contributed by atoms with van der Waals surface area (Å²) in [7, 11) is 1.58. The van der Waals surface area contributed by atoms with E-state index in [0.717, 1.165) is 5.75 Å². The van der Waals surface area contributed by atoms with Gasteiger partial charge in [-0.15, -0.1) is 10.2 Å². The van der Waals surface area contributed by atoms with Crippen LogP contribution in [0.5, 0.6) is 11.5 Å². The lowest BCUT2D eigenvalue weighted by Crippen LogP contribution is -2.13. The average Bonchev–Trinajstić information content (AvgIpc) is 3.20. The van der Waals surface area contributed by atoms with Gasteiger partial charge in [-0.1, -0.05) is 23.1 Å². The van der Waals surface area contributed by atoms with E-state index in [-0.39, 0.29) is 23.7 Å². The summed E-state index contributed by atoms with van der Waals surface area (Å²) < 4.78 is 11.2. The number of nitrogens with zero attached hydrogens (tertiary/aromatic N) is 2. The molecular weight excluding hydrogens is 436 g/mol. The molecule has 0 radical (unpaired) electrons. The van der Waals surface area contributed by atoms with Gasteiger partial charge in [0.2, 0.25) is 11.0 Å². The first-order valence-electron chi connectivity index (χ1n) is 9.41. The van der Waals surface area contributed by atoms with Crippen molar-refractivity contribution in [1.29, 1.82) is 0 Å². The normalized spacial score (nSPS) is 10.6. The molecule has 1 aromatic heterocycles. The highest BCUT2D eigenvalue weighted by atomic mass is 32.2. The zero-order valence-electron chi connectivity index (χ0n) is 17.2. The molecule has 0 saturated carbocycles. The van der Waals surface area contributed by atoms with E-state index in [9.17, 15) is 9.59 Å². The number of hydrogen-bond donors (Lipinski definition) is 2. The molecule has 0 bridgehead atoms. The maximum atomic E-state index is 12.4. The lowest BCUT2D eigenvalue weighted by atomic mass is 10.2. The molecule has 0 saturated heterocycles. The summed E-state index contributed by atoms with van der Waals surface area (Å²) in [6.45, 7) is 3.88. The Morgan fingerprint density at radius 3 is 2.32 bits per heavy atom. The van der Waals surface area contributed by atoms with Crippen LogP contribution in [0.1, 0.15) is 24.2 Å². The minimum absolute atomic E-state index is 0.0651. The highest BCUT2D eigenvalue weighted by Gasteiger charge is 2.12. The number of methoxy groups -OCH3 is 1. The second-order valence-electron chi connectivity index (χ2n) is 6.58. The summed E-state index contributed by atoms with van der Waals surface area (Å²) in [4.78, 5) is 24.5. The molecule has 162 valence electrons. The molecule has 10 heteroatoms. The van der Waals surface area contributed by atoms with Crippen molar-refractivity contribution in [1.82, 2.24) is 10.2 Å². The number of nitrogens with one attached hydrogen (secondary N) is 2. The molecule has 0 aliphatic rings. The van der Waals surface area contributed by atoms with Gasteiger partial charge in [-0.3, -0.25) is 14.9 Å². The molecule has 2 amide bonds. The minimum atomic E-state index is -0.291. The number of aromatic nitrogens is 2. The summed E-state index contributed by atoms with van der Waals surface area (Å²) in [6.07, 6.45) is 0.0651. The summed E-state index contributed by atoms with van der Waals surface area (Å²) in [6, 6.07) is 13.9. The van der Waals surface area contributed by atoms with Crippen LogP contribution in [0, 0.1) is 0 Å². The number of hydrogen-bond acceptors (Lipinski definition) is 8. The smallest absolute Gasteiger partial charge is 0.257 e. The Labute approximate surface area is 188 Å². The molecule has 0 fully saturated rings. The van der Waals surface area contributed by atoms with Crippen molar-refractivity contribution in [2.24, 2.45) is 0 Å². The van der Waals surface area contributed by atoms with Gasteiger partial charge in [0.15, 0.2) is 4.34 Å². The molecule has 3 rings (SSSR count). The Hall–Kier alpha value is -3.11. The van der Waals surface area contributed by atoms with E-state index in [1.165, 1.54) is 23.1 Å². The highest BCUT2D eigenvalue weighted by Crippen LogP contribution is 2.26. The van der Waals surface area contributed by atoms with Crippen molar-refractivity contribution in [3.8, 4) is 11.5 Å². The predicted octanol–water partition coefficient (Wildman–Crippen LogP) is 4.32. The van der Waals surface area contributed by atoms with Crippen LogP contribution in [0.2, 0.25) is 0 Å². The number of carbonyl (C=O) groups is 2. The number of benzene rings is 2. The summed E-state index contributed by atoms with van der Waals surface area (Å²) >= 11 is 2.46. The zero-order valence-corrected chi connectivity index (χ0v) is 18.9. The fourth-order valence-electron chi connectivity index (χ4n) is 2.44. The molecular formula is C21H22N4O4S2. The number of carbonyl (C=O) groups excluding carboxylic acids is 2. The monoisotopic (exact) mass is 458 g/mol. The van der Waals surface area contributed by atoms with Gasteiger partial charge < -0.3 is 14.8 Å². The predicted molar refractivity (Wildman–Crippen MR) is 122 cm³/mol. The highest BCUT2D eigenvalue weighted by molar-refractivity contribution is 8.01. The lowest BCUT2D eigenvalue weighted by molar-refractivity contribution is -0.113. The van der Waals surface area contributed by atoms with Crippen LogP contribution in [0.3, 0.4) is 0 Å². The van der Waals surface area contributed by atoms with Gasteiger partial charge in [-0.25, -0.2) is 0 Å². The maximum Gasteiger partial charge on any atom is 0.257 e. The number of amides is 2. The van der Waals surface area contributed by atoms with Crippen molar-refractivity contribution >= 4 is 45.7 Å². The van der Waals surface area contributed by atoms with Crippen LogP contribution in [0.4, 0.5) is 10.8 Å². The molecule has 31 heavy (non-hydrogen) atoms. The average molecular weight is 459 g/mol. The molecule has 0 aliphatic heterocycles. The Morgan fingerprint density at radius 1 is 1.00 bits per heavy atom. The van der Waals surface area contributed by atoms with Crippen molar-refractivity contribution in [2.45, 2.75) is 24.3 Å². The van der Waals surface area contributed by atoms with E-state index < -0.39 is 0 Å². The van der Waals surface area contributed by atoms with Crippen molar-refractivity contribution in [3.63, 3.8) is 0 Å². The van der Waals surface area contributed by atoms with E-state index >= 15 is 0 Å². The third-order valence-electron chi connectivity index (χ3n) is 3.82. The van der Waals surface area contributed by atoms with E-state index in [0.29, 0.717) is 26.5 Å². The van der Waals surface area contributed by atoms with E-state index in [1.54, 1.807) is 55.6 Å². The van der Waals surface area contributed by atoms with Crippen LogP contribution in [0.15, 0.2) is 52.9 Å². The third-order valence-corrected chi connectivity index (χ3v) is 5.79.